The van der Waals surface area contributed by atoms with Crippen LogP contribution in [0.1, 0.15) is 12.5 Å². The summed E-state index contributed by atoms with van der Waals surface area (Å²) in [5, 5.41) is 5.88. The number of carbonyl (C=O) groups excluding carboxylic acids is 2. The van der Waals surface area contributed by atoms with Crippen LogP contribution < -0.4 is 15.4 Å². The van der Waals surface area contributed by atoms with Crippen molar-refractivity contribution in [1.82, 2.24) is 5.32 Å². The number of fused-ring (bicyclic) bond motifs is 1. The molecule has 0 fully saturated rings. The second-order valence-electron chi connectivity index (χ2n) is 6.42. The third kappa shape index (κ3) is 4.82. The summed E-state index contributed by atoms with van der Waals surface area (Å²) in [6.07, 6.45) is 0.125. The maximum Gasteiger partial charge on any atom is 0.322 e. The van der Waals surface area contributed by atoms with Gasteiger partial charge in [0.25, 0.3) is 0 Å². The van der Waals surface area contributed by atoms with Crippen molar-refractivity contribution in [2.75, 3.05) is 19.0 Å². The van der Waals surface area contributed by atoms with E-state index in [0.29, 0.717) is 22.8 Å². The van der Waals surface area contributed by atoms with E-state index in [1.807, 2.05) is 30.3 Å². The lowest BCUT2D eigenvalue weighted by Gasteiger charge is -2.19. The van der Waals surface area contributed by atoms with E-state index in [1.165, 1.54) is 0 Å². The van der Waals surface area contributed by atoms with Gasteiger partial charge in [-0.3, -0.25) is 9.59 Å². The van der Waals surface area contributed by atoms with Gasteiger partial charge in [-0.1, -0.05) is 30.8 Å². The number of methoxy groups -OCH3 is 1. The molecule has 0 saturated heterocycles. The number of aliphatic imine (C=N–C) groups is 1. The zero-order valence-corrected chi connectivity index (χ0v) is 16.4. The fourth-order valence-corrected chi connectivity index (χ4v) is 2.98. The third-order valence-corrected chi connectivity index (χ3v) is 4.38. The summed E-state index contributed by atoms with van der Waals surface area (Å²) in [6.45, 7) is 5.89. The molecule has 1 aliphatic rings. The minimum Gasteiger partial charge on any atom is -0.497 e. The summed E-state index contributed by atoms with van der Waals surface area (Å²) >= 11 is 0. The highest BCUT2D eigenvalue weighted by atomic mass is 16.5. The van der Waals surface area contributed by atoms with Crippen LogP contribution in [0.5, 0.6) is 5.75 Å². The maximum absolute atomic E-state index is 12.7. The molecular formula is C22H23N3O4. The van der Waals surface area contributed by atoms with Crippen molar-refractivity contribution in [3.05, 3.63) is 66.4 Å². The molecular weight excluding hydrogens is 370 g/mol. The van der Waals surface area contributed by atoms with E-state index in [4.69, 9.17) is 9.47 Å². The molecule has 7 nitrogen and oxygen atoms in total. The number of hydrogen-bond donors (Lipinski definition) is 2. The second kappa shape index (κ2) is 9.05. The SMILES string of the molecule is C=C1Nc2ccccc2N=C(NC(=O)Cc2ccc(OC)cc2)[C@H]1C(=O)OCC. The number of rotatable bonds is 5. The van der Waals surface area contributed by atoms with E-state index in [-0.39, 0.29) is 24.8 Å². The van der Waals surface area contributed by atoms with Crippen LogP contribution in [0.15, 0.2) is 65.8 Å². The van der Waals surface area contributed by atoms with Crippen LogP contribution in [-0.2, 0) is 20.7 Å². The lowest BCUT2D eigenvalue weighted by atomic mass is 10.0. The Balaban J connectivity index is 1.86. The van der Waals surface area contributed by atoms with Crippen LogP contribution in [0.3, 0.4) is 0 Å². The average Bonchev–Trinajstić information content (AvgIpc) is 2.83. The van der Waals surface area contributed by atoms with Gasteiger partial charge in [0.1, 0.15) is 11.6 Å². The predicted molar refractivity (Wildman–Crippen MR) is 111 cm³/mol. The highest BCUT2D eigenvalue weighted by molar-refractivity contribution is 6.12. The first-order chi connectivity index (χ1) is 14.0. The van der Waals surface area contributed by atoms with Gasteiger partial charge in [-0.25, -0.2) is 4.99 Å². The van der Waals surface area contributed by atoms with E-state index < -0.39 is 11.9 Å². The molecule has 29 heavy (non-hydrogen) atoms. The minimum absolute atomic E-state index is 0.125. The van der Waals surface area contributed by atoms with Gasteiger partial charge in [-0.05, 0) is 36.8 Å². The predicted octanol–water partition coefficient (Wildman–Crippen LogP) is 3.20. The van der Waals surface area contributed by atoms with E-state index in [2.05, 4.69) is 22.2 Å². The molecule has 2 aromatic carbocycles. The molecule has 0 aromatic heterocycles. The van der Waals surface area contributed by atoms with Gasteiger partial charge in [-0.2, -0.15) is 0 Å². The molecule has 1 aliphatic heterocycles. The van der Waals surface area contributed by atoms with E-state index in [1.54, 1.807) is 32.2 Å². The molecule has 0 saturated carbocycles. The van der Waals surface area contributed by atoms with Crippen LogP contribution in [0.25, 0.3) is 0 Å². The highest BCUT2D eigenvalue weighted by Crippen LogP contribution is 2.31. The first-order valence-corrected chi connectivity index (χ1v) is 9.24. The molecule has 2 aromatic rings. The lowest BCUT2D eigenvalue weighted by Crippen LogP contribution is -2.41. The Hall–Kier alpha value is -3.61. The Labute approximate surface area is 169 Å². The monoisotopic (exact) mass is 393 g/mol. The summed E-state index contributed by atoms with van der Waals surface area (Å²) < 4.78 is 10.3. The number of hydrogen-bond acceptors (Lipinski definition) is 6. The maximum atomic E-state index is 12.7. The number of nitrogens with zero attached hydrogens (tertiary/aromatic N) is 1. The van der Waals surface area contributed by atoms with Crippen molar-refractivity contribution in [2.24, 2.45) is 10.9 Å². The number of nitrogens with one attached hydrogen (secondary N) is 2. The fraction of sp³-hybridized carbons (Fsp3) is 0.227. The quantitative estimate of drug-likeness (QED) is 0.762. The van der Waals surface area contributed by atoms with E-state index in [0.717, 1.165) is 5.56 Å². The van der Waals surface area contributed by atoms with Gasteiger partial charge in [0.05, 0.1) is 31.5 Å². The van der Waals surface area contributed by atoms with Crippen LogP contribution in [0.4, 0.5) is 11.4 Å². The molecule has 150 valence electrons. The molecule has 0 bridgehead atoms. The lowest BCUT2D eigenvalue weighted by molar-refractivity contribution is -0.144. The van der Waals surface area contributed by atoms with Gasteiger partial charge in [0.15, 0.2) is 5.92 Å². The molecule has 1 heterocycles. The van der Waals surface area contributed by atoms with Gasteiger partial charge in [0, 0.05) is 5.70 Å². The number of carbonyl (C=O) groups is 2. The first kappa shape index (κ1) is 20.1. The number of benzene rings is 2. The summed E-state index contributed by atoms with van der Waals surface area (Å²) in [5.41, 5.74) is 2.49. The highest BCUT2D eigenvalue weighted by Gasteiger charge is 2.32. The van der Waals surface area contributed by atoms with Crippen LogP contribution >= 0.6 is 0 Å². The second-order valence-corrected chi connectivity index (χ2v) is 6.42. The number of anilines is 1. The molecule has 2 N–H and O–H groups in total. The standard InChI is InChI=1S/C22H23N3O4/c1-4-29-22(27)20-14(2)23-17-7-5-6-8-18(17)24-21(20)25-19(26)13-15-9-11-16(28-3)12-10-15/h5-12,20,23H,2,4,13H2,1,3H3,(H,24,25,26)/t20-/m0/s1. The normalized spacial score (nSPS) is 15.3. The zero-order chi connectivity index (χ0) is 20.8. The topological polar surface area (TPSA) is 89.0 Å². The molecule has 1 atom stereocenters. The van der Waals surface area contributed by atoms with Gasteiger partial charge >= 0.3 is 5.97 Å². The number of para-hydroxylation sites is 2. The Kier molecular flexibility index (Phi) is 6.29. The van der Waals surface area contributed by atoms with Crippen molar-refractivity contribution in [3.8, 4) is 5.75 Å². The van der Waals surface area contributed by atoms with E-state index >= 15 is 0 Å². The smallest absolute Gasteiger partial charge is 0.322 e. The van der Waals surface area contributed by atoms with E-state index in [9.17, 15) is 9.59 Å². The van der Waals surface area contributed by atoms with Gasteiger partial charge in [0.2, 0.25) is 5.91 Å². The summed E-state index contributed by atoms with van der Waals surface area (Å²) in [4.78, 5) is 29.8. The van der Waals surface area contributed by atoms with Gasteiger partial charge < -0.3 is 20.1 Å². The number of amides is 1. The zero-order valence-electron chi connectivity index (χ0n) is 16.4. The average molecular weight is 393 g/mol. The summed E-state index contributed by atoms with van der Waals surface area (Å²) in [6, 6.07) is 14.5. The Bertz CT molecular complexity index is 951. The van der Waals surface area contributed by atoms with Crippen molar-refractivity contribution in [1.29, 1.82) is 0 Å². The molecule has 0 unspecified atom stereocenters. The van der Waals surface area contributed by atoms with Crippen molar-refractivity contribution in [3.63, 3.8) is 0 Å². The Morgan fingerprint density at radius 3 is 2.59 bits per heavy atom. The number of ether oxygens (including phenoxy) is 2. The number of esters is 1. The molecule has 0 aliphatic carbocycles. The Morgan fingerprint density at radius 2 is 1.90 bits per heavy atom. The third-order valence-electron chi connectivity index (χ3n) is 4.38. The van der Waals surface area contributed by atoms with Crippen LogP contribution in [-0.4, -0.2) is 31.4 Å². The number of amidine groups is 1. The molecule has 0 radical (unpaired) electrons. The molecule has 3 rings (SSSR count). The fourth-order valence-electron chi connectivity index (χ4n) is 2.98. The Morgan fingerprint density at radius 1 is 1.17 bits per heavy atom. The molecule has 7 heteroatoms. The van der Waals surface area contributed by atoms with Crippen molar-refractivity contribution >= 4 is 29.1 Å². The van der Waals surface area contributed by atoms with Crippen LogP contribution in [0.2, 0.25) is 0 Å². The summed E-state index contributed by atoms with van der Waals surface area (Å²) in [7, 11) is 1.58. The van der Waals surface area contributed by atoms with Gasteiger partial charge in [-0.15, -0.1) is 0 Å². The molecule has 0 spiro atoms. The first-order valence-electron chi connectivity index (χ1n) is 9.24. The largest absolute Gasteiger partial charge is 0.497 e. The van der Waals surface area contributed by atoms with Crippen LogP contribution in [0, 0.1) is 5.92 Å². The van der Waals surface area contributed by atoms with Crippen molar-refractivity contribution in [2.45, 2.75) is 13.3 Å². The molecule has 1 amide bonds. The van der Waals surface area contributed by atoms with Crippen molar-refractivity contribution < 1.29 is 19.1 Å². The minimum atomic E-state index is -0.929. The summed E-state index contributed by atoms with van der Waals surface area (Å²) in [5.74, 6) is -0.855.